The fraction of sp³-hybridized carbons (Fsp3) is 0.115. The molecule has 5 rings (SSSR count). The Morgan fingerprint density at radius 1 is 1.08 bits per heavy atom. The Labute approximate surface area is 211 Å². The van der Waals surface area contributed by atoms with Gasteiger partial charge < -0.3 is 20.0 Å². The molecule has 2 aromatic heterocycles. The number of pyridine rings is 1. The highest BCUT2D eigenvalue weighted by Gasteiger charge is 2.42. The highest BCUT2D eigenvalue weighted by atomic mass is 32.1. The van der Waals surface area contributed by atoms with Crippen LogP contribution < -0.4 is 15.5 Å². The number of amides is 1. The zero-order valence-electron chi connectivity index (χ0n) is 19.1. The molecule has 36 heavy (non-hydrogen) atoms. The van der Waals surface area contributed by atoms with E-state index in [2.05, 4.69) is 15.6 Å². The molecule has 9 nitrogen and oxygen atoms in total. The summed E-state index contributed by atoms with van der Waals surface area (Å²) in [4.78, 5) is 29.0. The normalized spacial score (nSPS) is 17.0. The van der Waals surface area contributed by atoms with Gasteiger partial charge in [0.05, 0.1) is 22.2 Å². The van der Waals surface area contributed by atoms with Crippen LogP contribution >= 0.6 is 12.2 Å². The van der Waals surface area contributed by atoms with Crippen LogP contribution in [0.4, 0.5) is 17.1 Å². The summed E-state index contributed by atoms with van der Waals surface area (Å²) in [5, 5.41) is 18.1. The number of nitro groups is 1. The number of thiocarbonyl (C=S) groups is 1. The molecular weight excluding hydrogens is 478 g/mol. The van der Waals surface area contributed by atoms with Crippen LogP contribution in [0.3, 0.4) is 0 Å². The first-order valence-electron chi connectivity index (χ1n) is 11.1. The van der Waals surface area contributed by atoms with Gasteiger partial charge in [0.25, 0.3) is 5.69 Å². The van der Waals surface area contributed by atoms with E-state index in [0.717, 1.165) is 11.4 Å². The molecule has 0 aliphatic carbocycles. The number of benzene rings is 2. The van der Waals surface area contributed by atoms with E-state index in [-0.39, 0.29) is 17.6 Å². The molecule has 10 heteroatoms. The van der Waals surface area contributed by atoms with Crippen LogP contribution in [0.25, 0.3) is 11.3 Å². The van der Waals surface area contributed by atoms with E-state index in [0.29, 0.717) is 27.9 Å². The first kappa shape index (κ1) is 23.2. The number of hydrogen-bond acceptors (Lipinski definition) is 6. The molecule has 4 aromatic rings. The Balaban J connectivity index is 1.58. The zero-order valence-corrected chi connectivity index (χ0v) is 19.9. The molecule has 0 radical (unpaired) electrons. The zero-order chi connectivity index (χ0) is 25.2. The number of nitrogens with zero attached hydrogens (tertiary/aromatic N) is 3. The molecule has 0 spiro atoms. The van der Waals surface area contributed by atoms with Gasteiger partial charge in [-0.2, -0.15) is 0 Å². The van der Waals surface area contributed by atoms with Crippen LogP contribution in [0.1, 0.15) is 30.5 Å². The summed E-state index contributed by atoms with van der Waals surface area (Å²) in [5.74, 6) is 0.792. The Hall–Kier alpha value is -4.57. The molecule has 1 aliphatic heterocycles. The molecule has 3 heterocycles. The third-order valence-corrected chi connectivity index (χ3v) is 6.16. The average molecular weight is 500 g/mol. The number of carbonyl (C=O) groups is 1. The second-order valence-electron chi connectivity index (χ2n) is 8.20. The first-order chi connectivity index (χ1) is 17.4. The number of carbonyl (C=O) groups excluding carboxylic acids is 1. The van der Waals surface area contributed by atoms with Crippen molar-refractivity contribution in [3.63, 3.8) is 0 Å². The number of aromatic nitrogens is 1. The van der Waals surface area contributed by atoms with E-state index in [4.69, 9.17) is 16.6 Å². The molecule has 1 saturated heterocycles. The molecule has 0 saturated carbocycles. The Morgan fingerprint density at radius 2 is 1.83 bits per heavy atom. The molecule has 2 aromatic carbocycles. The van der Waals surface area contributed by atoms with Crippen molar-refractivity contribution in [2.75, 3.05) is 10.2 Å². The molecule has 2 N–H and O–H groups in total. The maximum Gasteiger partial charge on any atom is 0.280 e. The highest BCUT2D eigenvalue weighted by molar-refractivity contribution is 7.80. The number of nitrogens with one attached hydrogen (secondary N) is 2. The predicted octanol–water partition coefficient (Wildman–Crippen LogP) is 5.39. The predicted molar refractivity (Wildman–Crippen MR) is 139 cm³/mol. The van der Waals surface area contributed by atoms with Crippen LogP contribution in [0.15, 0.2) is 89.5 Å². The van der Waals surface area contributed by atoms with Gasteiger partial charge in [-0.05, 0) is 66.8 Å². The Kier molecular flexibility index (Phi) is 6.17. The van der Waals surface area contributed by atoms with Crippen LogP contribution in [0, 0.1) is 10.1 Å². The lowest BCUT2D eigenvalue weighted by atomic mass is 10.0. The van der Waals surface area contributed by atoms with Gasteiger partial charge >= 0.3 is 0 Å². The van der Waals surface area contributed by atoms with Crippen molar-refractivity contribution in [1.29, 1.82) is 0 Å². The van der Waals surface area contributed by atoms with Gasteiger partial charge in [0.15, 0.2) is 5.11 Å². The van der Waals surface area contributed by atoms with Crippen molar-refractivity contribution >= 4 is 40.3 Å². The van der Waals surface area contributed by atoms with Gasteiger partial charge in [-0.3, -0.25) is 19.9 Å². The second kappa shape index (κ2) is 9.59. The smallest absolute Gasteiger partial charge is 0.280 e. The Bertz CT molecular complexity index is 1440. The van der Waals surface area contributed by atoms with E-state index >= 15 is 0 Å². The largest absolute Gasteiger partial charge is 0.459 e. The SMILES string of the molecule is CC(=O)Nc1ccc(N2C(=S)N[C@@H](c3ccccn3)[C@@H]2c2ccc(-c3ccccc3[N+](=O)[O-])o2)cc1. The number of hydrogen-bond donors (Lipinski definition) is 2. The van der Waals surface area contributed by atoms with Gasteiger partial charge in [0, 0.05) is 30.6 Å². The summed E-state index contributed by atoms with van der Waals surface area (Å²) in [6, 6.07) is 22.2. The van der Waals surface area contributed by atoms with Gasteiger partial charge in [-0.1, -0.05) is 18.2 Å². The average Bonchev–Trinajstić information content (AvgIpc) is 3.49. The summed E-state index contributed by atoms with van der Waals surface area (Å²) in [6.45, 7) is 1.45. The lowest BCUT2D eigenvalue weighted by molar-refractivity contribution is -0.384. The minimum Gasteiger partial charge on any atom is -0.459 e. The van der Waals surface area contributed by atoms with Gasteiger partial charge in [0.1, 0.15) is 17.6 Å². The van der Waals surface area contributed by atoms with Crippen LogP contribution in [0.2, 0.25) is 0 Å². The van der Waals surface area contributed by atoms with Gasteiger partial charge in [-0.15, -0.1) is 0 Å². The van der Waals surface area contributed by atoms with Crippen LogP contribution in [0.5, 0.6) is 0 Å². The number of rotatable bonds is 6. The van der Waals surface area contributed by atoms with Crippen molar-refractivity contribution in [2.24, 2.45) is 0 Å². The number of furan rings is 1. The van der Waals surface area contributed by atoms with Crippen LogP contribution in [-0.2, 0) is 4.79 Å². The van der Waals surface area contributed by atoms with Crippen molar-refractivity contribution in [2.45, 2.75) is 19.0 Å². The fourth-order valence-corrected chi connectivity index (χ4v) is 4.67. The third kappa shape index (κ3) is 4.41. The minimum atomic E-state index is -0.427. The van der Waals surface area contributed by atoms with E-state index in [1.807, 2.05) is 35.2 Å². The quantitative estimate of drug-likeness (QED) is 0.206. The second-order valence-corrected chi connectivity index (χ2v) is 8.59. The van der Waals surface area contributed by atoms with Crippen molar-refractivity contribution < 1.29 is 14.1 Å². The van der Waals surface area contributed by atoms with E-state index in [1.54, 1.807) is 48.7 Å². The molecular formula is C26H21N5O4S. The molecule has 0 bridgehead atoms. The molecule has 0 unspecified atom stereocenters. The fourth-order valence-electron chi connectivity index (χ4n) is 4.33. The standard InChI is InChI=1S/C26H21N5O4S/c1-16(32)28-17-9-11-18(12-10-17)30-25(24(29-26(30)36)20-7-4-5-15-27-20)23-14-13-22(35-23)19-6-2-3-8-21(19)31(33)34/h2-15,24-25H,1H3,(H,28,32)(H,29,36)/t24-,25-/m0/s1. The molecule has 1 aliphatic rings. The maximum absolute atomic E-state index is 11.6. The summed E-state index contributed by atoms with van der Waals surface area (Å²) in [5.41, 5.74) is 2.58. The summed E-state index contributed by atoms with van der Waals surface area (Å²) >= 11 is 5.72. The van der Waals surface area contributed by atoms with Crippen molar-refractivity contribution in [3.05, 3.63) is 107 Å². The lowest BCUT2D eigenvalue weighted by Gasteiger charge is -2.26. The maximum atomic E-state index is 11.6. The topological polar surface area (TPSA) is 114 Å². The van der Waals surface area contributed by atoms with E-state index in [9.17, 15) is 14.9 Å². The Morgan fingerprint density at radius 3 is 2.53 bits per heavy atom. The van der Waals surface area contributed by atoms with Crippen molar-refractivity contribution in [1.82, 2.24) is 10.3 Å². The number of nitro benzene ring substituents is 1. The summed E-state index contributed by atoms with van der Waals surface area (Å²) in [7, 11) is 0. The molecule has 1 fully saturated rings. The summed E-state index contributed by atoms with van der Waals surface area (Å²) in [6.07, 6.45) is 1.71. The van der Waals surface area contributed by atoms with Gasteiger partial charge in [-0.25, -0.2) is 0 Å². The highest BCUT2D eigenvalue weighted by Crippen LogP contribution is 2.43. The summed E-state index contributed by atoms with van der Waals surface area (Å²) < 4.78 is 6.24. The van der Waals surface area contributed by atoms with Crippen molar-refractivity contribution in [3.8, 4) is 11.3 Å². The number of anilines is 2. The minimum absolute atomic E-state index is 0.0369. The van der Waals surface area contributed by atoms with Crippen LogP contribution in [-0.4, -0.2) is 20.9 Å². The monoisotopic (exact) mass is 499 g/mol. The lowest BCUT2D eigenvalue weighted by Crippen LogP contribution is -2.29. The molecule has 2 atom stereocenters. The van der Waals surface area contributed by atoms with E-state index < -0.39 is 11.0 Å². The van der Waals surface area contributed by atoms with E-state index in [1.165, 1.54) is 13.0 Å². The third-order valence-electron chi connectivity index (χ3n) is 5.85. The number of para-hydroxylation sites is 1. The van der Waals surface area contributed by atoms with Gasteiger partial charge in [0.2, 0.25) is 5.91 Å². The molecule has 180 valence electrons. The first-order valence-corrected chi connectivity index (χ1v) is 11.5. The molecule has 1 amide bonds.